The van der Waals surface area contributed by atoms with E-state index in [-0.39, 0.29) is 17.7 Å². The third-order valence-corrected chi connectivity index (χ3v) is 5.87. The van der Waals surface area contributed by atoms with Crippen LogP contribution in [0.2, 0.25) is 0 Å². The van der Waals surface area contributed by atoms with Crippen molar-refractivity contribution in [2.75, 3.05) is 46.8 Å². The van der Waals surface area contributed by atoms with Gasteiger partial charge in [-0.25, -0.2) is 4.98 Å². The van der Waals surface area contributed by atoms with Gasteiger partial charge in [0.2, 0.25) is 11.8 Å². The topological polar surface area (TPSA) is 61.7 Å². The molecule has 0 unspecified atom stereocenters. The highest BCUT2D eigenvalue weighted by molar-refractivity contribution is 5.89. The lowest BCUT2D eigenvalue weighted by atomic mass is 9.94. The lowest BCUT2D eigenvalue weighted by Gasteiger charge is -2.33. The van der Waals surface area contributed by atoms with E-state index in [0.717, 1.165) is 51.3 Å². The monoisotopic (exact) mass is 375 g/mol. The molecule has 1 aromatic rings. The molecule has 0 spiro atoms. The largest absolute Gasteiger partial charge is 0.342 e. The summed E-state index contributed by atoms with van der Waals surface area (Å²) < 4.78 is 2.28. The van der Waals surface area contributed by atoms with E-state index in [1.165, 1.54) is 0 Å². The van der Waals surface area contributed by atoms with Crippen molar-refractivity contribution < 1.29 is 9.59 Å². The first-order valence-corrected chi connectivity index (χ1v) is 10.2. The Bertz CT molecular complexity index is 649. The minimum atomic E-state index is -0.151. The zero-order valence-corrected chi connectivity index (χ0v) is 16.9. The van der Waals surface area contributed by atoms with E-state index < -0.39 is 0 Å². The second kappa shape index (κ2) is 8.87. The fourth-order valence-corrected chi connectivity index (χ4v) is 4.29. The Kier molecular flexibility index (Phi) is 6.52. The van der Waals surface area contributed by atoms with Crippen molar-refractivity contribution >= 4 is 11.8 Å². The van der Waals surface area contributed by atoms with Gasteiger partial charge in [0.05, 0.1) is 5.92 Å². The Labute approximate surface area is 162 Å². The summed E-state index contributed by atoms with van der Waals surface area (Å²) in [6.07, 6.45) is 7.36. The number of likely N-dealkylation sites (tertiary alicyclic amines) is 2. The summed E-state index contributed by atoms with van der Waals surface area (Å²) in [4.78, 5) is 35.3. The summed E-state index contributed by atoms with van der Waals surface area (Å²) >= 11 is 0. The van der Waals surface area contributed by atoms with Gasteiger partial charge in [-0.2, -0.15) is 0 Å². The summed E-state index contributed by atoms with van der Waals surface area (Å²) in [5.41, 5.74) is 0. The van der Waals surface area contributed by atoms with Crippen molar-refractivity contribution in [1.29, 1.82) is 0 Å². The Morgan fingerprint density at radius 2 is 2.04 bits per heavy atom. The Balaban J connectivity index is 1.51. The molecule has 2 amide bonds. The van der Waals surface area contributed by atoms with Crippen molar-refractivity contribution in [3.63, 3.8) is 0 Å². The number of aromatic nitrogens is 2. The maximum atomic E-state index is 12.8. The van der Waals surface area contributed by atoms with E-state index in [9.17, 15) is 9.59 Å². The molecular weight excluding hydrogens is 342 g/mol. The van der Waals surface area contributed by atoms with Gasteiger partial charge >= 0.3 is 0 Å². The van der Waals surface area contributed by atoms with Crippen LogP contribution >= 0.6 is 0 Å². The average Bonchev–Trinajstić information content (AvgIpc) is 3.27. The highest BCUT2D eigenvalue weighted by Gasteiger charge is 2.37. The zero-order chi connectivity index (χ0) is 19.4. The highest BCUT2D eigenvalue weighted by atomic mass is 16.2. The van der Waals surface area contributed by atoms with Crippen molar-refractivity contribution in [2.24, 2.45) is 5.92 Å². The smallest absolute Gasteiger partial charge is 0.227 e. The molecule has 2 saturated heterocycles. The van der Waals surface area contributed by atoms with Gasteiger partial charge in [0, 0.05) is 57.5 Å². The minimum absolute atomic E-state index is 0.116. The number of carbonyl (C=O) groups excluding carboxylic acids is 2. The lowest BCUT2D eigenvalue weighted by Crippen LogP contribution is -2.42. The van der Waals surface area contributed by atoms with Gasteiger partial charge in [0.25, 0.3) is 0 Å². The first-order valence-electron chi connectivity index (χ1n) is 10.2. The van der Waals surface area contributed by atoms with E-state index in [1.807, 2.05) is 18.0 Å². The Morgan fingerprint density at radius 3 is 2.67 bits per heavy atom. The molecule has 0 radical (unpaired) electrons. The van der Waals surface area contributed by atoms with E-state index in [1.54, 1.807) is 4.90 Å². The summed E-state index contributed by atoms with van der Waals surface area (Å²) in [5.74, 6) is 1.70. The molecule has 7 nitrogen and oxygen atoms in total. The molecule has 2 fully saturated rings. The van der Waals surface area contributed by atoms with Crippen LogP contribution in [0.1, 0.15) is 44.3 Å². The van der Waals surface area contributed by atoms with Crippen molar-refractivity contribution in [2.45, 2.75) is 45.1 Å². The number of nitrogens with zero attached hydrogens (tertiary/aromatic N) is 5. The van der Waals surface area contributed by atoms with Crippen LogP contribution in [0.4, 0.5) is 0 Å². The predicted molar refractivity (Wildman–Crippen MR) is 104 cm³/mol. The summed E-state index contributed by atoms with van der Waals surface area (Å²) in [5, 5.41) is 0. The van der Waals surface area contributed by atoms with Gasteiger partial charge in [-0.05, 0) is 46.8 Å². The number of hydrogen-bond acceptors (Lipinski definition) is 4. The molecule has 0 bridgehead atoms. The SMILES string of the molecule is CCN1C[C@@H](C(=O)N2CCC(c3nccn3CCCN(C)C)CC2)CC1=O. The molecule has 7 heteroatoms. The Hall–Kier alpha value is -1.89. The Morgan fingerprint density at radius 1 is 1.30 bits per heavy atom. The third-order valence-electron chi connectivity index (χ3n) is 5.87. The standard InChI is InChI=1S/C20H33N5O2/c1-4-23-15-17(14-18(23)26)20(27)25-11-6-16(7-12-25)19-21-8-13-24(19)10-5-9-22(2)3/h8,13,16-17H,4-7,9-12,14-15H2,1-3H3/t17-/m0/s1. The molecule has 150 valence electrons. The minimum Gasteiger partial charge on any atom is -0.342 e. The molecule has 1 aromatic heterocycles. The molecule has 0 saturated carbocycles. The molecule has 0 aliphatic carbocycles. The molecule has 2 aliphatic rings. The van der Waals surface area contributed by atoms with Crippen molar-refractivity contribution in [1.82, 2.24) is 24.3 Å². The normalized spacial score (nSPS) is 21.5. The second-order valence-electron chi connectivity index (χ2n) is 8.07. The van der Waals surface area contributed by atoms with Crippen LogP contribution in [0, 0.1) is 5.92 Å². The van der Waals surface area contributed by atoms with Gasteiger partial charge < -0.3 is 19.3 Å². The molecule has 0 aromatic carbocycles. The molecule has 0 N–H and O–H groups in total. The van der Waals surface area contributed by atoms with Gasteiger partial charge in [0.15, 0.2) is 0 Å². The number of imidazole rings is 1. The molecular formula is C20H33N5O2. The van der Waals surface area contributed by atoms with E-state index in [0.29, 0.717) is 25.4 Å². The predicted octanol–water partition coefficient (Wildman–Crippen LogP) is 1.41. The lowest BCUT2D eigenvalue weighted by molar-refractivity contribution is -0.136. The van der Waals surface area contributed by atoms with Crippen LogP contribution < -0.4 is 0 Å². The van der Waals surface area contributed by atoms with Crippen LogP contribution in [-0.4, -0.2) is 82.9 Å². The quantitative estimate of drug-likeness (QED) is 0.723. The number of carbonyl (C=O) groups is 2. The number of aryl methyl sites for hydroxylation is 1. The van der Waals surface area contributed by atoms with Crippen LogP contribution in [0.3, 0.4) is 0 Å². The highest BCUT2D eigenvalue weighted by Crippen LogP contribution is 2.29. The van der Waals surface area contributed by atoms with Crippen LogP contribution in [-0.2, 0) is 16.1 Å². The first kappa shape index (κ1) is 19.9. The number of hydrogen-bond donors (Lipinski definition) is 0. The van der Waals surface area contributed by atoms with Crippen LogP contribution in [0.15, 0.2) is 12.4 Å². The summed E-state index contributed by atoms with van der Waals surface area (Å²) in [6.45, 7) is 6.85. The second-order valence-corrected chi connectivity index (χ2v) is 8.07. The van der Waals surface area contributed by atoms with Crippen molar-refractivity contribution in [3.05, 3.63) is 18.2 Å². The molecule has 2 aliphatic heterocycles. The molecule has 27 heavy (non-hydrogen) atoms. The van der Waals surface area contributed by atoms with E-state index in [4.69, 9.17) is 0 Å². The molecule has 3 heterocycles. The number of amides is 2. The van der Waals surface area contributed by atoms with E-state index >= 15 is 0 Å². The van der Waals surface area contributed by atoms with Crippen molar-refractivity contribution in [3.8, 4) is 0 Å². The molecule has 3 rings (SSSR count). The zero-order valence-electron chi connectivity index (χ0n) is 16.9. The first-order chi connectivity index (χ1) is 13.0. The fourth-order valence-electron chi connectivity index (χ4n) is 4.29. The van der Waals surface area contributed by atoms with Gasteiger partial charge in [-0.1, -0.05) is 0 Å². The maximum Gasteiger partial charge on any atom is 0.227 e. The average molecular weight is 376 g/mol. The maximum absolute atomic E-state index is 12.8. The number of piperidine rings is 1. The fraction of sp³-hybridized carbons (Fsp3) is 0.750. The van der Waals surface area contributed by atoms with Gasteiger partial charge in [-0.3, -0.25) is 9.59 Å². The van der Waals surface area contributed by atoms with Crippen LogP contribution in [0.5, 0.6) is 0 Å². The van der Waals surface area contributed by atoms with Gasteiger partial charge in [0.1, 0.15) is 5.82 Å². The van der Waals surface area contributed by atoms with E-state index in [2.05, 4.69) is 34.7 Å². The summed E-state index contributed by atoms with van der Waals surface area (Å²) in [7, 11) is 4.19. The van der Waals surface area contributed by atoms with Crippen LogP contribution in [0.25, 0.3) is 0 Å². The molecule has 1 atom stereocenters. The third kappa shape index (κ3) is 4.69. The summed E-state index contributed by atoms with van der Waals surface area (Å²) in [6, 6.07) is 0. The van der Waals surface area contributed by atoms with Gasteiger partial charge in [-0.15, -0.1) is 0 Å². The number of rotatable bonds is 7.